The SMILES string of the molecule is Nc1nc(CSc2nnc(-c3ccncc3)n2C2CC2)nc2sc3c(c12)CCCCC3. The van der Waals surface area contributed by atoms with Crippen molar-refractivity contribution in [3.05, 3.63) is 40.8 Å². The van der Waals surface area contributed by atoms with Crippen molar-refractivity contribution in [3.8, 4) is 11.4 Å². The number of pyridine rings is 1. The zero-order valence-corrected chi connectivity index (χ0v) is 18.8. The van der Waals surface area contributed by atoms with Crippen LogP contribution in [0.4, 0.5) is 5.82 Å². The van der Waals surface area contributed by atoms with E-state index in [0.29, 0.717) is 17.6 Å². The number of thioether (sulfide) groups is 1. The van der Waals surface area contributed by atoms with Crippen LogP contribution in [0.25, 0.3) is 21.6 Å². The number of nitrogen functional groups attached to an aromatic ring is 1. The van der Waals surface area contributed by atoms with E-state index >= 15 is 0 Å². The van der Waals surface area contributed by atoms with Crippen molar-refractivity contribution in [2.24, 2.45) is 0 Å². The quantitative estimate of drug-likeness (QED) is 0.344. The van der Waals surface area contributed by atoms with Crippen LogP contribution in [0.1, 0.15) is 54.4 Å². The molecule has 0 atom stereocenters. The summed E-state index contributed by atoms with van der Waals surface area (Å²) in [5, 5.41) is 11.0. The Morgan fingerprint density at radius 1 is 1.06 bits per heavy atom. The highest BCUT2D eigenvalue weighted by atomic mass is 32.2. The molecule has 6 rings (SSSR count). The molecule has 31 heavy (non-hydrogen) atoms. The second-order valence-electron chi connectivity index (χ2n) is 8.20. The first-order valence-corrected chi connectivity index (χ1v) is 12.6. The molecule has 4 aromatic heterocycles. The highest BCUT2D eigenvalue weighted by molar-refractivity contribution is 7.98. The lowest BCUT2D eigenvalue weighted by Gasteiger charge is -2.09. The van der Waals surface area contributed by atoms with E-state index in [4.69, 9.17) is 10.7 Å². The normalized spacial score (nSPS) is 16.4. The predicted octanol–water partition coefficient (Wildman–Crippen LogP) is 4.82. The number of aromatic nitrogens is 6. The highest BCUT2D eigenvalue weighted by Crippen LogP contribution is 2.42. The number of nitrogens with two attached hydrogens (primary N) is 1. The fourth-order valence-electron chi connectivity index (χ4n) is 4.34. The Balaban J connectivity index is 1.29. The number of fused-ring (bicyclic) bond motifs is 3. The highest BCUT2D eigenvalue weighted by Gasteiger charge is 2.30. The fraction of sp³-hybridized carbons (Fsp3) is 0.409. The number of rotatable bonds is 5. The number of thiophene rings is 1. The Morgan fingerprint density at radius 2 is 1.90 bits per heavy atom. The number of hydrogen-bond acceptors (Lipinski definition) is 8. The average Bonchev–Trinajstić information content (AvgIpc) is 3.50. The van der Waals surface area contributed by atoms with Crippen LogP contribution in [0.15, 0.2) is 29.7 Å². The molecule has 0 aromatic carbocycles. The maximum atomic E-state index is 6.42. The van der Waals surface area contributed by atoms with Gasteiger partial charge in [-0.2, -0.15) is 0 Å². The van der Waals surface area contributed by atoms with Crippen molar-refractivity contribution in [1.29, 1.82) is 0 Å². The molecule has 0 amide bonds. The van der Waals surface area contributed by atoms with Gasteiger partial charge in [0.25, 0.3) is 0 Å². The Hall–Kier alpha value is -2.52. The number of anilines is 1. The van der Waals surface area contributed by atoms with E-state index in [1.54, 1.807) is 35.5 Å². The molecule has 0 bridgehead atoms. The van der Waals surface area contributed by atoms with Gasteiger partial charge in [-0.3, -0.25) is 9.55 Å². The number of nitrogens with zero attached hydrogens (tertiary/aromatic N) is 6. The molecule has 0 radical (unpaired) electrons. The standard InChI is InChI=1S/C22H23N7S2/c23-19-18-15-4-2-1-3-5-16(15)31-21(18)26-17(25-19)12-30-22-28-27-20(29(22)14-6-7-14)13-8-10-24-11-9-13/h8-11,14H,1-7,12H2,(H2,23,25,26). The third-order valence-corrected chi connectivity index (χ3v) is 8.11. The summed E-state index contributed by atoms with van der Waals surface area (Å²) in [6, 6.07) is 4.44. The molecule has 0 aliphatic heterocycles. The molecular formula is C22H23N7S2. The van der Waals surface area contributed by atoms with Gasteiger partial charge in [-0.1, -0.05) is 18.2 Å². The second kappa shape index (κ2) is 7.87. The first kappa shape index (κ1) is 19.2. The molecular weight excluding hydrogens is 426 g/mol. The zero-order valence-electron chi connectivity index (χ0n) is 17.1. The molecule has 2 aliphatic carbocycles. The topological polar surface area (TPSA) is 95.4 Å². The first-order chi connectivity index (χ1) is 15.3. The van der Waals surface area contributed by atoms with Crippen LogP contribution in [0.3, 0.4) is 0 Å². The van der Waals surface area contributed by atoms with Gasteiger partial charge in [0, 0.05) is 28.9 Å². The van der Waals surface area contributed by atoms with Crippen LogP contribution in [0.2, 0.25) is 0 Å². The van der Waals surface area contributed by atoms with Crippen LogP contribution in [0, 0.1) is 0 Å². The van der Waals surface area contributed by atoms with Crippen molar-refractivity contribution in [2.75, 3.05) is 5.73 Å². The summed E-state index contributed by atoms with van der Waals surface area (Å²) in [6.45, 7) is 0. The first-order valence-electron chi connectivity index (χ1n) is 10.8. The van der Waals surface area contributed by atoms with Crippen LogP contribution in [0.5, 0.6) is 0 Å². The number of aryl methyl sites for hydroxylation is 2. The molecule has 2 aliphatic rings. The summed E-state index contributed by atoms with van der Waals surface area (Å²) in [5.41, 5.74) is 8.86. The van der Waals surface area contributed by atoms with Gasteiger partial charge >= 0.3 is 0 Å². The minimum atomic E-state index is 0.474. The lowest BCUT2D eigenvalue weighted by atomic mass is 10.1. The summed E-state index contributed by atoms with van der Waals surface area (Å²) in [6.07, 6.45) is 11.9. The van der Waals surface area contributed by atoms with E-state index in [-0.39, 0.29) is 0 Å². The Bertz CT molecular complexity index is 1240. The zero-order chi connectivity index (χ0) is 20.8. The van der Waals surface area contributed by atoms with Gasteiger partial charge in [0.05, 0.1) is 11.1 Å². The molecule has 9 heteroatoms. The van der Waals surface area contributed by atoms with Crippen LogP contribution < -0.4 is 5.73 Å². The monoisotopic (exact) mass is 449 g/mol. The Labute approximate surface area is 188 Å². The Kier molecular flexibility index (Phi) is 4.87. The van der Waals surface area contributed by atoms with Gasteiger partial charge in [-0.25, -0.2) is 9.97 Å². The molecule has 0 saturated heterocycles. The fourth-order valence-corrected chi connectivity index (χ4v) is 6.49. The number of hydrogen-bond donors (Lipinski definition) is 1. The summed E-state index contributed by atoms with van der Waals surface area (Å²) in [5.74, 6) is 2.93. The van der Waals surface area contributed by atoms with Crippen molar-refractivity contribution >= 4 is 39.1 Å². The van der Waals surface area contributed by atoms with E-state index in [9.17, 15) is 0 Å². The molecule has 4 aromatic rings. The maximum absolute atomic E-state index is 6.42. The summed E-state index contributed by atoms with van der Waals surface area (Å²) in [4.78, 5) is 16.2. The molecule has 7 nitrogen and oxygen atoms in total. The molecule has 158 valence electrons. The predicted molar refractivity (Wildman–Crippen MR) is 124 cm³/mol. The molecule has 0 unspecified atom stereocenters. The van der Waals surface area contributed by atoms with Crippen molar-refractivity contribution in [3.63, 3.8) is 0 Å². The van der Waals surface area contributed by atoms with E-state index in [2.05, 4.69) is 24.7 Å². The van der Waals surface area contributed by atoms with E-state index in [1.807, 2.05) is 12.1 Å². The van der Waals surface area contributed by atoms with Gasteiger partial charge in [-0.15, -0.1) is 21.5 Å². The third kappa shape index (κ3) is 3.59. The van der Waals surface area contributed by atoms with E-state index in [0.717, 1.165) is 45.4 Å². The van der Waals surface area contributed by atoms with Crippen LogP contribution in [-0.4, -0.2) is 29.7 Å². The molecule has 4 heterocycles. The van der Waals surface area contributed by atoms with Gasteiger partial charge in [0.1, 0.15) is 16.5 Å². The average molecular weight is 450 g/mol. The molecule has 2 N–H and O–H groups in total. The maximum Gasteiger partial charge on any atom is 0.192 e. The van der Waals surface area contributed by atoms with Gasteiger partial charge < -0.3 is 5.73 Å². The van der Waals surface area contributed by atoms with Crippen molar-refractivity contribution in [2.45, 2.75) is 61.9 Å². The van der Waals surface area contributed by atoms with E-state index in [1.165, 1.54) is 42.5 Å². The lowest BCUT2D eigenvalue weighted by molar-refractivity contribution is 0.669. The smallest absolute Gasteiger partial charge is 0.192 e. The van der Waals surface area contributed by atoms with Crippen LogP contribution in [-0.2, 0) is 18.6 Å². The summed E-state index contributed by atoms with van der Waals surface area (Å²) in [7, 11) is 0. The summed E-state index contributed by atoms with van der Waals surface area (Å²) < 4.78 is 2.26. The summed E-state index contributed by atoms with van der Waals surface area (Å²) >= 11 is 3.44. The third-order valence-electron chi connectivity index (χ3n) is 5.98. The Morgan fingerprint density at radius 3 is 2.74 bits per heavy atom. The largest absolute Gasteiger partial charge is 0.383 e. The van der Waals surface area contributed by atoms with Crippen molar-refractivity contribution < 1.29 is 0 Å². The van der Waals surface area contributed by atoms with E-state index < -0.39 is 0 Å². The second-order valence-corrected chi connectivity index (χ2v) is 10.2. The van der Waals surface area contributed by atoms with Gasteiger partial charge in [0.2, 0.25) is 0 Å². The van der Waals surface area contributed by atoms with Crippen molar-refractivity contribution in [1.82, 2.24) is 29.7 Å². The van der Waals surface area contributed by atoms with Gasteiger partial charge in [0.15, 0.2) is 11.0 Å². The van der Waals surface area contributed by atoms with Crippen LogP contribution >= 0.6 is 23.1 Å². The lowest BCUT2D eigenvalue weighted by Crippen LogP contribution is -2.02. The van der Waals surface area contributed by atoms with Gasteiger partial charge in [-0.05, 0) is 56.2 Å². The minimum Gasteiger partial charge on any atom is -0.383 e. The minimum absolute atomic E-state index is 0.474. The molecule has 1 saturated carbocycles. The molecule has 0 spiro atoms. The molecule has 1 fully saturated rings.